The van der Waals surface area contributed by atoms with Crippen LogP contribution >= 0.6 is 11.6 Å². The van der Waals surface area contributed by atoms with Crippen LogP contribution in [0.3, 0.4) is 0 Å². The molecule has 0 saturated heterocycles. The maximum atomic E-state index is 6.00. The molecule has 0 bridgehead atoms. The molecular weight excluding hydrogens is 274 g/mol. The topological polar surface area (TPSA) is 52.5 Å². The van der Waals surface area contributed by atoms with E-state index in [-0.39, 0.29) is 0 Å². The molecule has 0 unspecified atom stereocenters. The van der Waals surface area contributed by atoms with Gasteiger partial charge in [-0.15, -0.1) is 0 Å². The lowest BCUT2D eigenvalue weighted by atomic mass is 10.2. The number of hydrogen-bond donors (Lipinski definition) is 1. The average molecular weight is 288 g/mol. The Morgan fingerprint density at radius 1 is 1.25 bits per heavy atom. The van der Waals surface area contributed by atoms with Gasteiger partial charge < -0.3 is 14.9 Å². The fourth-order valence-electron chi connectivity index (χ4n) is 2.05. The molecule has 0 radical (unpaired) electrons. The van der Waals surface area contributed by atoms with Crippen molar-refractivity contribution >= 4 is 22.9 Å². The highest BCUT2D eigenvalue weighted by Crippen LogP contribution is 2.25. The zero-order valence-electron chi connectivity index (χ0n) is 11.0. The van der Waals surface area contributed by atoms with Gasteiger partial charge in [0.05, 0.1) is 23.0 Å². The maximum absolute atomic E-state index is 6.00. The van der Waals surface area contributed by atoms with Gasteiger partial charge in [0.1, 0.15) is 11.4 Å². The lowest BCUT2D eigenvalue weighted by Crippen LogP contribution is -1.90. The van der Waals surface area contributed by atoms with E-state index in [1.807, 2.05) is 41.8 Å². The van der Waals surface area contributed by atoms with Crippen LogP contribution in [-0.2, 0) is 0 Å². The molecule has 0 fully saturated rings. The van der Waals surface area contributed by atoms with E-state index in [1.54, 1.807) is 12.3 Å². The van der Waals surface area contributed by atoms with Gasteiger partial charge in [0.15, 0.2) is 0 Å². The molecular formula is C15H14ClN3O. The van der Waals surface area contributed by atoms with Crippen LogP contribution in [0.25, 0.3) is 16.9 Å². The molecule has 20 heavy (non-hydrogen) atoms. The minimum absolute atomic E-state index is 0.515. The third kappa shape index (κ3) is 2.30. The van der Waals surface area contributed by atoms with Crippen molar-refractivity contribution in [3.63, 3.8) is 0 Å². The van der Waals surface area contributed by atoms with Crippen molar-refractivity contribution in [2.24, 2.45) is 0 Å². The molecule has 0 spiro atoms. The SMILES string of the molecule is CCOc1ccc(-c2cn3cc(N)c(Cl)cc3n2)cc1. The van der Waals surface area contributed by atoms with E-state index in [2.05, 4.69) is 4.98 Å². The first-order valence-electron chi connectivity index (χ1n) is 6.34. The van der Waals surface area contributed by atoms with Gasteiger partial charge in [-0.05, 0) is 31.2 Å². The van der Waals surface area contributed by atoms with Crippen LogP contribution in [0.15, 0.2) is 42.7 Å². The molecule has 5 heteroatoms. The minimum Gasteiger partial charge on any atom is -0.494 e. The first-order chi connectivity index (χ1) is 9.67. The number of fused-ring (bicyclic) bond motifs is 1. The predicted octanol–water partition coefficient (Wildman–Crippen LogP) is 3.64. The number of ether oxygens (including phenoxy) is 1. The van der Waals surface area contributed by atoms with Crippen LogP contribution in [0.4, 0.5) is 5.69 Å². The largest absolute Gasteiger partial charge is 0.494 e. The van der Waals surface area contributed by atoms with Gasteiger partial charge in [-0.2, -0.15) is 0 Å². The highest BCUT2D eigenvalue weighted by atomic mass is 35.5. The molecule has 2 N–H and O–H groups in total. The molecule has 3 aromatic rings. The summed E-state index contributed by atoms with van der Waals surface area (Å²) < 4.78 is 7.30. The molecule has 0 aliphatic rings. The number of anilines is 1. The second-order valence-electron chi connectivity index (χ2n) is 4.43. The molecule has 0 atom stereocenters. The van der Waals surface area contributed by atoms with Crippen LogP contribution in [0.5, 0.6) is 5.75 Å². The summed E-state index contributed by atoms with van der Waals surface area (Å²) in [5, 5.41) is 0.515. The van der Waals surface area contributed by atoms with E-state index < -0.39 is 0 Å². The number of nitrogen functional groups attached to an aromatic ring is 1. The maximum Gasteiger partial charge on any atom is 0.139 e. The Bertz CT molecular complexity index is 711. The Morgan fingerprint density at radius 2 is 2.00 bits per heavy atom. The van der Waals surface area contributed by atoms with E-state index >= 15 is 0 Å². The van der Waals surface area contributed by atoms with Crippen molar-refractivity contribution < 1.29 is 4.74 Å². The molecule has 0 saturated carbocycles. The average Bonchev–Trinajstić information content (AvgIpc) is 2.83. The summed E-state index contributed by atoms with van der Waals surface area (Å²) in [6.45, 7) is 2.62. The van der Waals surface area contributed by atoms with Crippen LogP contribution in [-0.4, -0.2) is 16.0 Å². The van der Waals surface area contributed by atoms with Crippen LogP contribution in [0.2, 0.25) is 5.02 Å². The molecule has 102 valence electrons. The lowest BCUT2D eigenvalue weighted by molar-refractivity contribution is 0.340. The van der Waals surface area contributed by atoms with Crippen molar-refractivity contribution in [2.45, 2.75) is 6.92 Å². The summed E-state index contributed by atoms with van der Waals surface area (Å²) in [7, 11) is 0. The summed E-state index contributed by atoms with van der Waals surface area (Å²) in [6, 6.07) is 9.60. The molecule has 2 aromatic heterocycles. The summed E-state index contributed by atoms with van der Waals surface area (Å²) >= 11 is 6.00. The van der Waals surface area contributed by atoms with Crippen molar-refractivity contribution in [3.8, 4) is 17.0 Å². The first-order valence-corrected chi connectivity index (χ1v) is 6.72. The number of rotatable bonds is 3. The summed E-state index contributed by atoms with van der Waals surface area (Å²) in [5.41, 5.74) is 8.99. The van der Waals surface area contributed by atoms with Crippen LogP contribution in [0, 0.1) is 0 Å². The number of aromatic nitrogens is 2. The molecule has 2 heterocycles. The Hall–Kier alpha value is -2.20. The number of nitrogens with two attached hydrogens (primary N) is 1. The molecule has 0 aliphatic carbocycles. The second-order valence-corrected chi connectivity index (χ2v) is 4.83. The summed E-state index contributed by atoms with van der Waals surface area (Å²) in [6.07, 6.45) is 3.69. The highest BCUT2D eigenvalue weighted by molar-refractivity contribution is 6.33. The summed E-state index contributed by atoms with van der Waals surface area (Å²) in [5.74, 6) is 0.854. The van der Waals surface area contributed by atoms with E-state index in [0.717, 1.165) is 22.7 Å². The molecule has 1 aromatic carbocycles. The number of imidazole rings is 1. The number of pyridine rings is 1. The lowest BCUT2D eigenvalue weighted by Gasteiger charge is -2.02. The Kier molecular flexibility index (Phi) is 3.24. The van der Waals surface area contributed by atoms with Crippen molar-refractivity contribution in [1.29, 1.82) is 0 Å². The van der Waals surface area contributed by atoms with Crippen LogP contribution in [0.1, 0.15) is 6.92 Å². The number of halogens is 1. The van der Waals surface area contributed by atoms with Gasteiger partial charge in [-0.1, -0.05) is 11.6 Å². The highest BCUT2D eigenvalue weighted by Gasteiger charge is 2.07. The van der Waals surface area contributed by atoms with Crippen molar-refractivity contribution in [1.82, 2.24) is 9.38 Å². The third-order valence-corrected chi connectivity index (χ3v) is 3.36. The first kappa shape index (κ1) is 12.8. The predicted molar refractivity (Wildman–Crippen MR) is 81.2 cm³/mol. The van der Waals surface area contributed by atoms with Crippen molar-refractivity contribution in [3.05, 3.63) is 47.7 Å². The smallest absolute Gasteiger partial charge is 0.139 e. The normalized spacial score (nSPS) is 10.9. The van der Waals surface area contributed by atoms with Gasteiger partial charge in [0, 0.05) is 24.0 Å². The number of benzene rings is 1. The van der Waals surface area contributed by atoms with Gasteiger partial charge >= 0.3 is 0 Å². The van der Waals surface area contributed by atoms with Gasteiger partial charge in [0.25, 0.3) is 0 Å². The van der Waals surface area contributed by atoms with Gasteiger partial charge in [-0.3, -0.25) is 0 Å². The van der Waals surface area contributed by atoms with Gasteiger partial charge in [-0.25, -0.2) is 4.98 Å². The molecule has 4 nitrogen and oxygen atoms in total. The molecule has 0 amide bonds. The van der Waals surface area contributed by atoms with E-state index in [9.17, 15) is 0 Å². The molecule has 0 aliphatic heterocycles. The van der Waals surface area contributed by atoms with E-state index in [4.69, 9.17) is 22.1 Å². The second kappa shape index (κ2) is 5.06. The third-order valence-electron chi connectivity index (χ3n) is 3.03. The standard InChI is InChI=1S/C15H14ClN3O/c1-2-20-11-5-3-10(4-6-11)14-9-19-8-13(17)12(16)7-15(19)18-14/h3-9H,2,17H2,1H3. The Morgan fingerprint density at radius 3 is 2.70 bits per heavy atom. The monoisotopic (exact) mass is 287 g/mol. The fraction of sp³-hybridized carbons (Fsp3) is 0.133. The Labute approximate surface area is 121 Å². The minimum atomic E-state index is 0.515. The quantitative estimate of drug-likeness (QED) is 0.800. The Balaban J connectivity index is 2.01. The zero-order chi connectivity index (χ0) is 14.1. The van der Waals surface area contributed by atoms with Crippen LogP contribution < -0.4 is 10.5 Å². The van der Waals surface area contributed by atoms with Gasteiger partial charge in [0.2, 0.25) is 0 Å². The van der Waals surface area contributed by atoms with E-state index in [0.29, 0.717) is 17.3 Å². The fourth-order valence-corrected chi connectivity index (χ4v) is 2.20. The zero-order valence-corrected chi connectivity index (χ0v) is 11.8. The van der Waals surface area contributed by atoms with Crippen molar-refractivity contribution in [2.75, 3.05) is 12.3 Å². The summed E-state index contributed by atoms with van der Waals surface area (Å²) in [4.78, 5) is 4.54. The van der Waals surface area contributed by atoms with E-state index in [1.165, 1.54) is 0 Å². The number of nitrogens with zero attached hydrogens (tertiary/aromatic N) is 2. The number of hydrogen-bond acceptors (Lipinski definition) is 3. The molecule has 3 rings (SSSR count).